The van der Waals surface area contributed by atoms with Gasteiger partial charge in [0.1, 0.15) is 0 Å². The van der Waals surface area contributed by atoms with Crippen LogP contribution in [-0.2, 0) is 0 Å². The maximum absolute atomic E-state index is 2.40. The Labute approximate surface area is 135 Å². The van der Waals surface area contributed by atoms with Crippen LogP contribution in [0.25, 0.3) is 10.5 Å². The third kappa shape index (κ3) is 2.44. The van der Waals surface area contributed by atoms with Gasteiger partial charge in [-0.2, -0.15) is 0 Å². The lowest BCUT2D eigenvalue weighted by Crippen LogP contribution is -1.95. The Kier molecular flexibility index (Phi) is 3.57. The first-order valence-corrected chi connectivity index (χ1v) is 10.7. The Morgan fingerprint density at radius 2 is 1.38 bits per heavy atom. The molecule has 0 aliphatic carbocycles. The molecule has 2 aliphatic heterocycles. The minimum Gasteiger partial charge on any atom is -0.0622 e. The van der Waals surface area contributed by atoms with E-state index in [-0.39, 0.29) is 8.55 Å². The van der Waals surface area contributed by atoms with Crippen LogP contribution < -0.4 is 0 Å². The summed E-state index contributed by atoms with van der Waals surface area (Å²) in [4.78, 5) is 4.37. The van der Waals surface area contributed by atoms with Crippen molar-refractivity contribution in [2.45, 2.75) is 6.92 Å². The Bertz CT molecular complexity index is 784. The number of allylic oxidation sites excluding steroid dienone is 3. The molecule has 0 bridgehead atoms. The largest absolute Gasteiger partial charge is 0.0622 e. The summed E-state index contributed by atoms with van der Waals surface area (Å²) in [7, 11) is 4.25. The second-order valence-electron chi connectivity index (χ2n) is 4.94. The van der Waals surface area contributed by atoms with E-state index in [1.165, 1.54) is 31.4 Å². The third-order valence-electron chi connectivity index (χ3n) is 3.53. The molecule has 0 nitrogen and oxygen atoms in total. The van der Waals surface area contributed by atoms with E-state index >= 15 is 0 Å². The molecule has 1 unspecified atom stereocenters. The normalized spacial score (nSPS) is 20.7. The lowest BCUT2D eigenvalue weighted by atomic mass is 10.0. The molecule has 2 aromatic carbocycles. The van der Waals surface area contributed by atoms with Crippen molar-refractivity contribution < 1.29 is 0 Å². The molecule has 0 amide bonds. The Balaban J connectivity index is 1.75. The summed E-state index contributed by atoms with van der Waals surface area (Å²) >= 11 is 0. The van der Waals surface area contributed by atoms with Crippen molar-refractivity contribution in [3.05, 3.63) is 82.8 Å². The molecule has 0 saturated heterocycles. The van der Waals surface area contributed by atoms with Crippen LogP contribution in [0.1, 0.15) is 18.1 Å². The lowest BCUT2D eigenvalue weighted by molar-refractivity contribution is 1.61. The fraction of sp³-hybridized carbons (Fsp3) is 0.0556. The van der Waals surface area contributed by atoms with Gasteiger partial charge in [-0.3, -0.25) is 0 Å². The molecule has 3 heteroatoms. The second kappa shape index (κ2) is 5.56. The first-order chi connectivity index (χ1) is 10.3. The molecular formula is C18H14S3. The molecule has 0 radical (unpaired) electrons. The van der Waals surface area contributed by atoms with Gasteiger partial charge in [0.05, 0.1) is 0 Å². The number of rotatable bonds is 2. The summed E-state index contributed by atoms with van der Waals surface area (Å²) in [6, 6.07) is 21.5. The monoisotopic (exact) mass is 326 g/mol. The number of hydrogen-bond donors (Lipinski definition) is 0. The average Bonchev–Trinajstić information content (AvgIpc) is 3.05. The molecule has 2 heterocycles. The maximum atomic E-state index is 2.40. The predicted molar refractivity (Wildman–Crippen MR) is 101 cm³/mol. The van der Waals surface area contributed by atoms with Crippen LogP contribution in [0.5, 0.6) is 0 Å². The van der Waals surface area contributed by atoms with Gasteiger partial charge in [-0.15, -0.1) is 0 Å². The zero-order valence-corrected chi connectivity index (χ0v) is 14.0. The van der Waals surface area contributed by atoms with E-state index in [0.29, 0.717) is 0 Å². The number of benzene rings is 2. The molecule has 0 fully saturated rings. The van der Waals surface area contributed by atoms with Crippen LogP contribution in [0.3, 0.4) is 0 Å². The van der Waals surface area contributed by atoms with Crippen LogP contribution in [0, 0.1) is 0 Å². The van der Waals surface area contributed by atoms with Crippen molar-refractivity contribution in [3.63, 3.8) is 0 Å². The zero-order valence-electron chi connectivity index (χ0n) is 11.6. The third-order valence-corrected chi connectivity index (χ3v) is 10.00. The van der Waals surface area contributed by atoms with E-state index in [0.717, 1.165) is 0 Å². The molecule has 4 rings (SSSR count). The maximum Gasteiger partial charge on any atom is 0.0284 e. The molecule has 0 spiro atoms. The van der Waals surface area contributed by atoms with Crippen molar-refractivity contribution in [2.75, 3.05) is 0 Å². The molecule has 0 aromatic heterocycles. The summed E-state index contributed by atoms with van der Waals surface area (Å²) in [5, 5.41) is 0. The first-order valence-electron chi connectivity index (χ1n) is 6.84. The van der Waals surface area contributed by atoms with Crippen molar-refractivity contribution in [2.24, 2.45) is 0 Å². The van der Waals surface area contributed by atoms with Gasteiger partial charge < -0.3 is 0 Å². The highest BCUT2D eigenvalue weighted by Crippen LogP contribution is 2.64. The SMILES string of the molecule is CC1=C(c2ccccc2)C2=S(SC(c3ccccc3)=C2)S1. The van der Waals surface area contributed by atoms with E-state index in [4.69, 9.17) is 0 Å². The Morgan fingerprint density at radius 1 is 0.762 bits per heavy atom. The van der Waals surface area contributed by atoms with Crippen molar-refractivity contribution in [3.8, 4) is 0 Å². The van der Waals surface area contributed by atoms with Crippen LogP contribution in [-0.4, -0.2) is 4.86 Å². The van der Waals surface area contributed by atoms with Gasteiger partial charge in [-0.05, 0) is 24.1 Å². The molecule has 0 saturated carbocycles. The van der Waals surface area contributed by atoms with Crippen molar-refractivity contribution in [1.82, 2.24) is 0 Å². The van der Waals surface area contributed by atoms with Crippen LogP contribution in [0.2, 0.25) is 0 Å². The number of hydrogen-bond acceptors (Lipinski definition) is 2. The minimum atomic E-state index is 0.224. The smallest absolute Gasteiger partial charge is 0.0284 e. The van der Waals surface area contributed by atoms with E-state index in [1.807, 2.05) is 21.6 Å². The van der Waals surface area contributed by atoms with Gasteiger partial charge in [0.2, 0.25) is 0 Å². The highest BCUT2D eigenvalue weighted by Gasteiger charge is 2.28. The zero-order chi connectivity index (χ0) is 14.2. The molecular weight excluding hydrogens is 312 g/mol. The summed E-state index contributed by atoms with van der Waals surface area (Å²) in [5.41, 5.74) is 4.13. The lowest BCUT2D eigenvalue weighted by Gasteiger charge is -2.06. The molecule has 2 aliphatic rings. The van der Waals surface area contributed by atoms with Gasteiger partial charge in [0, 0.05) is 20.2 Å². The van der Waals surface area contributed by atoms with Gasteiger partial charge >= 0.3 is 0 Å². The van der Waals surface area contributed by atoms with Crippen molar-refractivity contribution in [1.29, 1.82) is 0 Å². The predicted octanol–water partition coefficient (Wildman–Crippen LogP) is 6.22. The average molecular weight is 327 g/mol. The van der Waals surface area contributed by atoms with Crippen LogP contribution in [0.4, 0.5) is 0 Å². The summed E-state index contributed by atoms with van der Waals surface area (Å²) < 4.78 is 0. The van der Waals surface area contributed by atoms with E-state index in [2.05, 4.69) is 73.7 Å². The molecule has 2 aromatic rings. The Hall–Kier alpha value is -1.16. The van der Waals surface area contributed by atoms with E-state index < -0.39 is 0 Å². The summed E-state index contributed by atoms with van der Waals surface area (Å²) in [6.07, 6.45) is 2.40. The first kappa shape index (κ1) is 13.5. The Morgan fingerprint density at radius 3 is 2.05 bits per heavy atom. The molecule has 1 atom stereocenters. The molecule has 104 valence electrons. The molecule has 21 heavy (non-hydrogen) atoms. The molecule has 0 N–H and O–H groups in total. The fourth-order valence-corrected chi connectivity index (χ4v) is 9.82. The van der Waals surface area contributed by atoms with Gasteiger partial charge in [-0.1, -0.05) is 90.8 Å². The second-order valence-corrected chi connectivity index (χ2v) is 10.9. The van der Waals surface area contributed by atoms with Crippen molar-refractivity contribution >= 4 is 45.5 Å². The fourth-order valence-electron chi connectivity index (χ4n) is 2.55. The van der Waals surface area contributed by atoms with Gasteiger partial charge in [0.15, 0.2) is 0 Å². The van der Waals surface area contributed by atoms with Crippen LogP contribution in [0.15, 0.2) is 71.6 Å². The topological polar surface area (TPSA) is 0 Å². The van der Waals surface area contributed by atoms with Crippen LogP contribution >= 0.6 is 30.1 Å². The van der Waals surface area contributed by atoms with E-state index in [9.17, 15) is 0 Å². The van der Waals surface area contributed by atoms with Gasteiger partial charge in [0.25, 0.3) is 0 Å². The minimum absolute atomic E-state index is 0.224. The van der Waals surface area contributed by atoms with Gasteiger partial charge in [-0.25, -0.2) is 0 Å². The highest BCUT2D eigenvalue weighted by molar-refractivity contribution is 9.18. The standard InChI is InChI=1S/C18H14S3/c1-13-18(15-10-6-3-7-11-15)17-12-16(20-21(17)19-13)14-8-4-2-5-9-14/h2-12H,1H3. The summed E-state index contributed by atoms with van der Waals surface area (Å²) in [5.74, 6) is 0. The highest BCUT2D eigenvalue weighted by atomic mass is 33.5. The quantitative estimate of drug-likeness (QED) is 0.474. The van der Waals surface area contributed by atoms with E-state index in [1.54, 1.807) is 0 Å². The summed E-state index contributed by atoms with van der Waals surface area (Å²) in [6.45, 7) is 2.25.